The van der Waals surface area contributed by atoms with E-state index in [0.717, 1.165) is 14.0 Å². The van der Waals surface area contributed by atoms with E-state index in [1.165, 1.54) is 6.92 Å². The lowest BCUT2D eigenvalue weighted by atomic mass is 9.89. The molecule has 0 spiro atoms. The fraction of sp³-hybridized carbons (Fsp3) is 0.889. The Balaban J connectivity index is 2.85. The van der Waals surface area contributed by atoms with Crippen molar-refractivity contribution in [1.29, 1.82) is 0 Å². The Morgan fingerprint density at radius 2 is 2.07 bits per heavy atom. The molecule has 0 aromatic carbocycles. The van der Waals surface area contributed by atoms with Crippen LogP contribution in [0.15, 0.2) is 0 Å². The lowest BCUT2D eigenvalue weighted by Gasteiger charge is -2.30. The maximum absolute atomic E-state index is 12.7. The highest BCUT2D eigenvalue weighted by Crippen LogP contribution is 2.46. The molecule has 1 rings (SSSR count). The summed E-state index contributed by atoms with van der Waals surface area (Å²) >= 11 is 0. The zero-order valence-corrected chi connectivity index (χ0v) is 8.72. The summed E-state index contributed by atoms with van der Waals surface area (Å²) in [6, 6.07) is 0. The van der Waals surface area contributed by atoms with E-state index in [-0.39, 0.29) is 6.42 Å². The quantitative estimate of drug-likeness (QED) is 0.640. The number of carbonyl (C=O) groups is 1. The molecule has 3 nitrogen and oxygen atoms in total. The molecular formula is C9H13F3O3. The second-order valence-corrected chi connectivity index (χ2v) is 3.87. The number of carbonyl (C=O) groups excluding carboxylic acids is 1. The Hall–Kier alpha value is -0.780. The van der Waals surface area contributed by atoms with Crippen LogP contribution in [0.4, 0.5) is 13.2 Å². The Bertz CT molecular complexity index is 264. The van der Waals surface area contributed by atoms with E-state index in [4.69, 9.17) is 4.74 Å². The van der Waals surface area contributed by atoms with Gasteiger partial charge in [0.05, 0.1) is 7.11 Å². The monoisotopic (exact) mass is 226 g/mol. The minimum atomic E-state index is -4.48. The van der Waals surface area contributed by atoms with Gasteiger partial charge in [0.25, 0.3) is 0 Å². The van der Waals surface area contributed by atoms with Crippen molar-refractivity contribution >= 4 is 5.97 Å². The Kier molecular flexibility index (Phi) is 3.00. The third kappa shape index (κ3) is 1.95. The van der Waals surface area contributed by atoms with Crippen molar-refractivity contribution in [3.05, 3.63) is 0 Å². The van der Waals surface area contributed by atoms with Gasteiger partial charge in [-0.05, 0) is 19.3 Å². The standard InChI is InChI=1S/C9H13F3O3/c1-5-4-6(7(13)14-3)15-8(5,2)9(10,11)12/h5-6H,4H2,1-3H3/t5-,6?,8+/m0/s1. The molecule has 3 atom stereocenters. The molecule has 1 aliphatic rings. The number of methoxy groups -OCH3 is 1. The van der Waals surface area contributed by atoms with Gasteiger partial charge >= 0.3 is 12.1 Å². The summed E-state index contributed by atoms with van der Waals surface area (Å²) in [5, 5.41) is 0. The average molecular weight is 226 g/mol. The highest BCUT2D eigenvalue weighted by Gasteiger charge is 2.61. The molecule has 1 fully saturated rings. The predicted molar refractivity (Wildman–Crippen MR) is 45.1 cm³/mol. The number of rotatable bonds is 1. The van der Waals surface area contributed by atoms with Gasteiger partial charge in [-0.3, -0.25) is 0 Å². The van der Waals surface area contributed by atoms with Gasteiger partial charge in [-0.25, -0.2) is 4.79 Å². The van der Waals surface area contributed by atoms with Gasteiger partial charge in [0.1, 0.15) is 0 Å². The maximum atomic E-state index is 12.7. The average Bonchev–Trinajstić information content (AvgIpc) is 2.42. The maximum Gasteiger partial charge on any atom is 0.417 e. The molecule has 0 aliphatic carbocycles. The van der Waals surface area contributed by atoms with E-state index in [2.05, 4.69) is 4.74 Å². The zero-order chi connectivity index (χ0) is 11.9. The van der Waals surface area contributed by atoms with Gasteiger partial charge in [-0.15, -0.1) is 0 Å². The number of alkyl halides is 3. The third-order valence-electron chi connectivity index (χ3n) is 2.92. The molecule has 15 heavy (non-hydrogen) atoms. The molecule has 0 saturated carbocycles. The minimum Gasteiger partial charge on any atom is -0.467 e. The smallest absolute Gasteiger partial charge is 0.417 e. The Morgan fingerprint density at radius 1 is 1.53 bits per heavy atom. The van der Waals surface area contributed by atoms with Crippen molar-refractivity contribution in [2.24, 2.45) is 5.92 Å². The fourth-order valence-electron chi connectivity index (χ4n) is 1.63. The van der Waals surface area contributed by atoms with Crippen LogP contribution in [0.3, 0.4) is 0 Å². The van der Waals surface area contributed by atoms with Crippen LogP contribution >= 0.6 is 0 Å². The summed E-state index contributed by atoms with van der Waals surface area (Å²) in [5.41, 5.74) is -2.26. The normalized spacial score (nSPS) is 36.7. The molecule has 1 heterocycles. The number of esters is 1. The third-order valence-corrected chi connectivity index (χ3v) is 2.92. The second kappa shape index (κ2) is 3.66. The van der Waals surface area contributed by atoms with Crippen molar-refractivity contribution in [3.63, 3.8) is 0 Å². The summed E-state index contributed by atoms with van der Waals surface area (Å²) in [7, 11) is 1.12. The first kappa shape index (κ1) is 12.3. The van der Waals surface area contributed by atoms with Crippen LogP contribution in [-0.4, -0.2) is 31.0 Å². The predicted octanol–water partition coefficient (Wildman–Crippen LogP) is 1.91. The molecule has 1 saturated heterocycles. The summed E-state index contributed by atoms with van der Waals surface area (Å²) in [6.07, 6.45) is -5.56. The van der Waals surface area contributed by atoms with Gasteiger partial charge in [0.15, 0.2) is 11.7 Å². The van der Waals surface area contributed by atoms with Crippen LogP contribution in [0.25, 0.3) is 0 Å². The molecular weight excluding hydrogens is 213 g/mol. The first-order valence-electron chi connectivity index (χ1n) is 4.54. The molecule has 0 N–H and O–H groups in total. The topological polar surface area (TPSA) is 35.5 Å². The van der Waals surface area contributed by atoms with E-state index in [9.17, 15) is 18.0 Å². The van der Waals surface area contributed by atoms with Crippen LogP contribution < -0.4 is 0 Å². The molecule has 0 aromatic rings. The van der Waals surface area contributed by atoms with Crippen LogP contribution in [0, 0.1) is 5.92 Å². The number of ether oxygens (including phenoxy) is 2. The largest absolute Gasteiger partial charge is 0.467 e. The van der Waals surface area contributed by atoms with E-state index in [1.54, 1.807) is 0 Å². The zero-order valence-electron chi connectivity index (χ0n) is 8.72. The van der Waals surface area contributed by atoms with Crippen molar-refractivity contribution in [2.75, 3.05) is 7.11 Å². The van der Waals surface area contributed by atoms with Gasteiger partial charge < -0.3 is 9.47 Å². The summed E-state index contributed by atoms with van der Waals surface area (Å²) in [5.74, 6) is -1.52. The van der Waals surface area contributed by atoms with Crippen LogP contribution in [0.1, 0.15) is 20.3 Å². The lowest BCUT2D eigenvalue weighted by molar-refractivity contribution is -0.274. The summed E-state index contributed by atoms with van der Waals surface area (Å²) in [4.78, 5) is 11.1. The fourth-order valence-corrected chi connectivity index (χ4v) is 1.63. The second-order valence-electron chi connectivity index (χ2n) is 3.87. The molecule has 0 amide bonds. The number of halogens is 3. The van der Waals surface area contributed by atoms with Crippen LogP contribution in [-0.2, 0) is 14.3 Å². The Morgan fingerprint density at radius 3 is 2.40 bits per heavy atom. The molecule has 1 aliphatic heterocycles. The van der Waals surface area contributed by atoms with E-state index in [0.29, 0.717) is 0 Å². The van der Waals surface area contributed by atoms with E-state index in [1.807, 2.05) is 0 Å². The van der Waals surface area contributed by atoms with E-state index >= 15 is 0 Å². The highest BCUT2D eigenvalue weighted by atomic mass is 19.4. The molecule has 0 radical (unpaired) electrons. The van der Waals surface area contributed by atoms with Gasteiger partial charge in [0.2, 0.25) is 0 Å². The van der Waals surface area contributed by atoms with Gasteiger partial charge in [-0.2, -0.15) is 13.2 Å². The number of hydrogen-bond acceptors (Lipinski definition) is 3. The highest BCUT2D eigenvalue weighted by molar-refractivity contribution is 5.75. The Labute approximate surface area is 85.5 Å². The van der Waals surface area contributed by atoms with Crippen LogP contribution in [0.2, 0.25) is 0 Å². The van der Waals surface area contributed by atoms with E-state index < -0.39 is 29.8 Å². The summed E-state index contributed by atoms with van der Waals surface area (Å²) < 4.78 is 47.1. The lowest BCUT2D eigenvalue weighted by Crippen LogP contribution is -2.46. The minimum absolute atomic E-state index is 0.0304. The SMILES string of the molecule is COC(=O)C1C[C@H](C)[C@](C)(C(F)(F)F)O1. The molecule has 0 aromatic heterocycles. The van der Waals surface area contributed by atoms with Crippen molar-refractivity contribution in [2.45, 2.75) is 38.1 Å². The molecule has 1 unspecified atom stereocenters. The van der Waals surface area contributed by atoms with Gasteiger partial charge in [0, 0.05) is 0 Å². The van der Waals surface area contributed by atoms with Crippen molar-refractivity contribution in [1.82, 2.24) is 0 Å². The van der Waals surface area contributed by atoms with Crippen LogP contribution in [0.5, 0.6) is 0 Å². The van der Waals surface area contributed by atoms with Crippen molar-refractivity contribution < 1.29 is 27.4 Å². The molecule has 6 heteroatoms. The molecule has 88 valence electrons. The molecule has 0 bridgehead atoms. The van der Waals surface area contributed by atoms with Gasteiger partial charge in [-0.1, -0.05) is 6.92 Å². The first-order valence-corrected chi connectivity index (χ1v) is 4.54. The first-order chi connectivity index (χ1) is 6.72. The summed E-state index contributed by atoms with van der Waals surface area (Å²) in [6.45, 7) is 2.37. The number of hydrogen-bond donors (Lipinski definition) is 0. The van der Waals surface area contributed by atoms with Crippen molar-refractivity contribution in [3.8, 4) is 0 Å².